The molecule has 0 unspecified atom stereocenters. The van der Waals surface area contributed by atoms with Crippen molar-refractivity contribution in [1.82, 2.24) is 4.98 Å². The summed E-state index contributed by atoms with van der Waals surface area (Å²) in [6.45, 7) is 3.80. The number of nitrogens with zero attached hydrogens (tertiary/aromatic N) is 1. The highest BCUT2D eigenvalue weighted by Crippen LogP contribution is 2.37. The molecule has 0 aliphatic carbocycles. The molecule has 0 aliphatic rings. The van der Waals surface area contributed by atoms with Crippen molar-refractivity contribution in [2.75, 3.05) is 5.32 Å². The number of benzene rings is 2. The van der Waals surface area contributed by atoms with Gasteiger partial charge in [-0.25, -0.2) is 9.18 Å². The van der Waals surface area contributed by atoms with Gasteiger partial charge in [0.05, 0.1) is 16.8 Å². The highest BCUT2D eigenvalue weighted by atomic mass is 35.5. The highest BCUT2D eigenvalue weighted by Gasteiger charge is 2.21. The molecule has 2 N–H and O–H groups in total. The Morgan fingerprint density at radius 3 is 2.82 bits per heavy atom. The second-order valence-electron chi connectivity index (χ2n) is 6.64. The summed E-state index contributed by atoms with van der Waals surface area (Å²) < 4.78 is 20.0. The maximum absolute atomic E-state index is 14.0. The van der Waals surface area contributed by atoms with E-state index in [1.807, 2.05) is 26.0 Å². The van der Waals surface area contributed by atoms with Crippen LogP contribution in [-0.2, 0) is 0 Å². The molecule has 0 fully saturated rings. The molecule has 7 heteroatoms. The first-order chi connectivity index (χ1) is 13.4. The third-order valence-corrected chi connectivity index (χ3v) is 4.94. The van der Waals surface area contributed by atoms with Gasteiger partial charge in [-0.2, -0.15) is 0 Å². The lowest BCUT2D eigenvalue weighted by atomic mass is 10.0. The zero-order valence-electron chi connectivity index (χ0n) is 15.1. The number of anilines is 1. The van der Waals surface area contributed by atoms with E-state index in [1.54, 1.807) is 12.3 Å². The van der Waals surface area contributed by atoms with Crippen LogP contribution in [0.4, 0.5) is 10.1 Å². The number of carboxylic acid groups (broad SMARTS) is 1. The van der Waals surface area contributed by atoms with Gasteiger partial charge in [0.15, 0.2) is 5.58 Å². The normalized spacial score (nSPS) is 12.4. The monoisotopic (exact) mass is 398 g/mol. The number of furan rings is 1. The van der Waals surface area contributed by atoms with Crippen LogP contribution in [0.3, 0.4) is 0 Å². The van der Waals surface area contributed by atoms with Crippen LogP contribution in [0.15, 0.2) is 47.0 Å². The van der Waals surface area contributed by atoms with Crippen LogP contribution in [0.25, 0.3) is 22.1 Å². The molecular weight excluding hydrogens is 383 g/mol. The van der Waals surface area contributed by atoms with E-state index in [4.69, 9.17) is 16.0 Å². The Kier molecular flexibility index (Phi) is 4.43. The van der Waals surface area contributed by atoms with Crippen LogP contribution in [0.2, 0.25) is 5.02 Å². The third kappa shape index (κ3) is 2.96. The summed E-state index contributed by atoms with van der Waals surface area (Å²) in [6, 6.07) is 9.33. The van der Waals surface area contributed by atoms with Crippen LogP contribution >= 0.6 is 11.6 Å². The Hall–Kier alpha value is -3.12. The number of rotatable bonds is 4. The first-order valence-corrected chi connectivity index (χ1v) is 9.00. The number of pyridine rings is 1. The maximum Gasteiger partial charge on any atom is 0.340 e. The maximum atomic E-state index is 14.0. The zero-order valence-corrected chi connectivity index (χ0v) is 15.8. The van der Waals surface area contributed by atoms with Crippen molar-refractivity contribution in [2.45, 2.75) is 19.9 Å². The lowest BCUT2D eigenvalue weighted by Gasteiger charge is -2.18. The Balaban J connectivity index is 1.86. The number of fused-ring (bicyclic) bond motifs is 3. The molecule has 2 heterocycles. The predicted octanol–water partition coefficient (Wildman–Crippen LogP) is 5.95. The van der Waals surface area contributed by atoms with E-state index in [1.165, 1.54) is 12.1 Å². The molecule has 0 radical (unpaired) electrons. The molecule has 0 amide bonds. The molecule has 1 atom stereocenters. The average molecular weight is 399 g/mol. The molecule has 4 rings (SSSR count). The number of halogens is 2. The molecule has 0 bridgehead atoms. The number of carboxylic acids is 1. The van der Waals surface area contributed by atoms with Crippen molar-refractivity contribution >= 4 is 45.3 Å². The van der Waals surface area contributed by atoms with Crippen LogP contribution < -0.4 is 5.32 Å². The van der Waals surface area contributed by atoms with E-state index in [2.05, 4.69) is 10.3 Å². The number of aromatic nitrogens is 1. The summed E-state index contributed by atoms with van der Waals surface area (Å²) in [4.78, 5) is 15.8. The minimum atomic E-state index is -1.33. The molecule has 0 saturated carbocycles. The number of hydrogen-bond acceptors (Lipinski definition) is 4. The van der Waals surface area contributed by atoms with Gasteiger partial charge in [0, 0.05) is 17.1 Å². The van der Waals surface area contributed by atoms with E-state index in [0.717, 1.165) is 22.6 Å². The number of aromatic carboxylic acids is 1. The summed E-state index contributed by atoms with van der Waals surface area (Å²) in [7, 11) is 0. The standard InChI is InChI=1S/C21H16ClFN2O3/c1-10-8-12(11(2)25-16-5-3-4-15(23)17(16)21(26)27)19-13(9-10)18-20(28-19)14(22)6-7-24-18/h3-9,11,25H,1-2H3,(H,26,27)/t11-/m1/s1. The summed E-state index contributed by atoms with van der Waals surface area (Å²) in [5.74, 6) is -2.12. The van der Waals surface area contributed by atoms with Crippen molar-refractivity contribution in [1.29, 1.82) is 0 Å². The molecule has 0 aliphatic heterocycles. The first kappa shape index (κ1) is 18.3. The molecule has 5 nitrogen and oxygen atoms in total. The van der Waals surface area contributed by atoms with E-state index in [9.17, 15) is 14.3 Å². The van der Waals surface area contributed by atoms with Gasteiger partial charge in [-0.1, -0.05) is 23.7 Å². The van der Waals surface area contributed by atoms with Gasteiger partial charge in [0.25, 0.3) is 0 Å². The Bertz CT molecular complexity index is 1240. The predicted molar refractivity (Wildman–Crippen MR) is 107 cm³/mol. The van der Waals surface area contributed by atoms with E-state index in [-0.39, 0.29) is 11.7 Å². The summed E-state index contributed by atoms with van der Waals surface area (Å²) in [5, 5.41) is 13.7. The Morgan fingerprint density at radius 2 is 2.07 bits per heavy atom. The van der Waals surface area contributed by atoms with Crippen LogP contribution in [-0.4, -0.2) is 16.1 Å². The Labute approximate surface area is 164 Å². The summed E-state index contributed by atoms with van der Waals surface area (Å²) in [5.41, 5.74) is 3.35. The summed E-state index contributed by atoms with van der Waals surface area (Å²) in [6.07, 6.45) is 1.62. The molecule has 2 aromatic carbocycles. The second-order valence-corrected chi connectivity index (χ2v) is 7.04. The lowest BCUT2D eigenvalue weighted by molar-refractivity contribution is 0.0693. The fourth-order valence-corrected chi connectivity index (χ4v) is 3.59. The number of aryl methyl sites for hydroxylation is 1. The fraction of sp³-hybridized carbons (Fsp3) is 0.143. The molecule has 2 aromatic heterocycles. The van der Waals surface area contributed by atoms with Gasteiger partial charge in [0.1, 0.15) is 22.5 Å². The van der Waals surface area contributed by atoms with Crippen LogP contribution in [0.5, 0.6) is 0 Å². The third-order valence-electron chi connectivity index (χ3n) is 4.64. The van der Waals surface area contributed by atoms with Crippen molar-refractivity contribution < 1.29 is 18.7 Å². The van der Waals surface area contributed by atoms with Gasteiger partial charge in [-0.15, -0.1) is 0 Å². The molecule has 4 aromatic rings. The number of nitrogens with one attached hydrogen (secondary N) is 1. The topological polar surface area (TPSA) is 75.4 Å². The van der Waals surface area contributed by atoms with Gasteiger partial charge in [0.2, 0.25) is 0 Å². The van der Waals surface area contributed by atoms with E-state index in [0.29, 0.717) is 21.7 Å². The van der Waals surface area contributed by atoms with Gasteiger partial charge in [-0.3, -0.25) is 4.98 Å². The van der Waals surface area contributed by atoms with Crippen molar-refractivity contribution in [3.05, 3.63) is 70.1 Å². The number of hydrogen-bond donors (Lipinski definition) is 2. The van der Waals surface area contributed by atoms with Crippen molar-refractivity contribution in [3.63, 3.8) is 0 Å². The lowest BCUT2D eigenvalue weighted by Crippen LogP contribution is -2.12. The van der Waals surface area contributed by atoms with Gasteiger partial charge >= 0.3 is 5.97 Å². The number of carbonyl (C=O) groups is 1. The average Bonchev–Trinajstić information content (AvgIpc) is 3.00. The van der Waals surface area contributed by atoms with E-state index >= 15 is 0 Å². The molecular formula is C21H16ClFN2O3. The SMILES string of the molecule is Cc1cc([C@@H](C)Nc2cccc(F)c2C(=O)O)c2oc3c(Cl)ccnc3c2c1. The second kappa shape index (κ2) is 6.80. The zero-order chi connectivity index (χ0) is 20.0. The van der Waals surface area contributed by atoms with Gasteiger partial charge < -0.3 is 14.8 Å². The van der Waals surface area contributed by atoms with Crippen molar-refractivity contribution in [3.8, 4) is 0 Å². The smallest absolute Gasteiger partial charge is 0.340 e. The summed E-state index contributed by atoms with van der Waals surface area (Å²) >= 11 is 6.25. The first-order valence-electron chi connectivity index (χ1n) is 8.62. The van der Waals surface area contributed by atoms with Crippen molar-refractivity contribution in [2.24, 2.45) is 0 Å². The minimum absolute atomic E-state index is 0.196. The molecule has 28 heavy (non-hydrogen) atoms. The molecule has 0 spiro atoms. The fourth-order valence-electron chi connectivity index (χ4n) is 3.40. The van der Waals surface area contributed by atoms with E-state index < -0.39 is 17.3 Å². The largest absolute Gasteiger partial charge is 0.478 e. The minimum Gasteiger partial charge on any atom is -0.478 e. The van der Waals surface area contributed by atoms with Crippen LogP contribution in [0.1, 0.15) is 34.5 Å². The van der Waals surface area contributed by atoms with Crippen LogP contribution in [0, 0.1) is 12.7 Å². The quantitative estimate of drug-likeness (QED) is 0.444. The Morgan fingerprint density at radius 1 is 1.29 bits per heavy atom. The molecule has 142 valence electrons. The molecule has 0 saturated heterocycles. The van der Waals surface area contributed by atoms with Gasteiger partial charge in [-0.05, 0) is 43.7 Å². The highest BCUT2D eigenvalue weighted by molar-refractivity contribution is 6.35.